The largest absolute Gasteiger partial charge is 0.382 e. The van der Waals surface area contributed by atoms with Gasteiger partial charge in [0.1, 0.15) is 0 Å². The molecule has 1 rings (SSSR count). The van der Waals surface area contributed by atoms with Crippen molar-refractivity contribution >= 4 is 0 Å². The molecule has 0 bridgehead atoms. The van der Waals surface area contributed by atoms with Crippen LogP contribution in [0.2, 0.25) is 0 Å². The first kappa shape index (κ1) is 14.9. The molecule has 2 atom stereocenters. The highest BCUT2D eigenvalue weighted by atomic mass is 16.5. The van der Waals surface area contributed by atoms with Crippen LogP contribution in [0.1, 0.15) is 20.3 Å². The van der Waals surface area contributed by atoms with Gasteiger partial charge in [-0.05, 0) is 25.4 Å². The summed E-state index contributed by atoms with van der Waals surface area (Å²) in [4.78, 5) is 2.51. The van der Waals surface area contributed by atoms with Gasteiger partial charge < -0.3 is 19.7 Å². The molecule has 0 amide bonds. The number of hydrogen-bond donors (Lipinski definition) is 1. The standard InChI is InChI=1S/C13H28N2O2/c1-4-14-13-5-6-15(11-12(13)2)7-8-17-10-9-16-3/h12-14H,4-11H2,1-3H3. The molecule has 1 aliphatic rings. The number of piperidine rings is 1. The van der Waals surface area contributed by atoms with Gasteiger partial charge in [0.2, 0.25) is 0 Å². The summed E-state index contributed by atoms with van der Waals surface area (Å²) < 4.78 is 10.4. The van der Waals surface area contributed by atoms with Gasteiger partial charge >= 0.3 is 0 Å². The molecular formula is C13H28N2O2. The number of rotatable bonds is 8. The Morgan fingerprint density at radius 3 is 2.76 bits per heavy atom. The Morgan fingerprint density at radius 2 is 2.12 bits per heavy atom. The third kappa shape index (κ3) is 5.82. The molecular weight excluding hydrogens is 216 g/mol. The number of methoxy groups -OCH3 is 1. The second-order valence-electron chi connectivity index (χ2n) is 4.84. The van der Waals surface area contributed by atoms with Crippen LogP contribution in [0.15, 0.2) is 0 Å². The zero-order chi connectivity index (χ0) is 12.5. The SMILES string of the molecule is CCNC1CCN(CCOCCOC)CC1C. The highest BCUT2D eigenvalue weighted by Crippen LogP contribution is 2.16. The molecule has 0 saturated carbocycles. The molecule has 1 heterocycles. The zero-order valence-electron chi connectivity index (χ0n) is 11.6. The van der Waals surface area contributed by atoms with Crippen LogP contribution in [0, 0.1) is 5.92 Å². The van der Waals surface area contributed by atoms with Crippen LogP contribution in [0.25, 0.3) is 0 Å². The number of nitrogens with zero attached hydrogens (tertiary/aromatic N) is 1. The smallest absolute Gasteiger partial charge is 0.0700 e. The quantitative estimate of drug-likeness (QED) is 0.645. The van der Waals surface area contributed by atoms with Gasteiger partial charge in [0.15, 0.2) is 0 Å². The first-order valence-corrected chi connectivity index (χ1v) is 6.80. The Hall–Kier alpha value is -0.160. The van der Waals surface area contributed by atoms with Crippen molar-refractivity contribution in [2.75, 3.05) is 53.1 Å². The van der Waals surface area contributed by atoms with Crippen LogP contribution < -0.4 is 5.32 Å². The summed E-state index contributed by atoms with van der Waals surface area (Å²) in [6.45, 7) is 11.2. The van der Waals surface area contributed by atoms with Crippen LogP contribution in [0.3, 0.4) is 0 Å². The first-order chi connectivity index (χ1) is 8.27. The van der Waals surface area contributed by atoms with Gasteiger partial charge in [0, 0.05) is 26.2 Å². The molecule has 102 valence electrons. The lowest BCUT2D eigenvalue weighted by atomic mass is 9.94. The van der Waals surface area contributed by atoms with Gasteiger partial charge in [-0.3, -0.25) is 0 Å². The molecule has 0 aliphatic carbocycles. The van der Waals surface area contributed by atoms with Crippen molar-refractivity contribution in [3.8, 4) is 0 Å². The summed E-state index contributed by atoms with van der Waals surface area (Å²) in [7, 11) is 1.70. The van der Waals surface area contributed by atoms with E-state index in [1.165, 1.54) is 19.5 Å². The molecule has 2 unspecified atom stereocenters. The van der Waals surface area contributed by atoms with Crippen molar-refractivity contribution in [2.24, 2.45) is 5.92 Å². The lowest BCUT2D eigenvalue weighted by molar-refractivity contribution is 0.0467. The molecule has 1 saturated heterocycles. The molecule has 17 heavy (non-hydrogen) atoms. The average molecular weight is 244 g/mol. The van der Waals surface area contributed by atoms with Gasteiger partial charge in [0.25, 0.3) is 0 Å². The van der Waals surface area contributed by atoms with Gasteiger partial charge in [-0.25, -0.2) is 0 Å². The van der Waals surface area contributed by atoms with Crippen LogP contribution >= 0.6 is 0 Å². The van der Waals surface area contributed by atoms with Gasteiger partial charge in [0.05, 0.1) is 19.8 Å². The fourth-order valence-electron chi connectivity index (χ4n) is 2.44. The summed E-state index contributed by atoms with van der Waals surface area (Å²) in [6, 6.07) is 0.700. The summed E-state index contributed by atoms with van der Waals surface area (Å²) >= 11 is 0. The van der Waals surface area contributed by atoms with Crippen molar-refractivity contribution in [2.45, 2.75) is 26.3 Å². The highest BCUT2D eigenvalue weighted by Gasteiger charge is 2.24. The van der Waals surface area contributed by atoms with Crippen molar-refractivity contribution in [1.29, 1.82) is 0 Å². The fourth-order valence-corrected chi connectivity index (χ4v) is 2.44. The molecule has 1 N–H and O–H groups in total. The minimum absolute atomic E-state index is 0.693. The molecule has 1 fully saturated rings. The normalized spacial score (nSPS) is 26.3. The Bertz CT molecular complexity index is 190. The van der Waals surface area contributed by atoms with E-state index in [9.17, 15) is 0 Å². The van der Waals surface area contributed by atoms with Crippen LogP contribution in [0.4, 0.5) is 0 Å². The maximum absolute atomic E-state index is 5.50. The summed E-state index contributed by atoms with van der Waals surface area (Å²) in [5.41, 5.74) is 0. The maximum atomic E-state index is 5.50. The first-order valence-electron chi connectivity index (χ1n) is 6.80. The van der Waals surface area contributed by atoms with Crippen LogP contribution in [-0.4, -0.2) is 64.1 Å². The minimum Gasteiger partial charge on any atom is -0.382 e. The molecule has 4 heteroatoms. The van der Waals surface area contributed by atoms with E-state index in [-0.39, 0.29) is 0 Å². The molecule has 0 aromatic carbocycles. The molecule has 4 nitrogen and oxygen atoms in total. The Labute approximate surface area is 106 Å². The number of nitrogens with one attached hydrogen (secondary N) is 1. The Morgan fingerprint density at radius 1 is 1.29 bits per heavy atom. The van der Waals surface area contributed by atoms with E-state index in [0.717, 1.165) is 25.6 Å². The van der Waals surface area contributed by atoms with E-state index in [4.69, 9.17) is 9.47 Å². The van der Waals surface area contributed by atoms with Gasteiger partial charge in [-0.2, -0.15) is 0 Å². The van der Waals surface area contributed by atoms with Crippen LogP contribution in [-0.2, 0) is 9.47 Å². The minimum atomic E-state index is 0.693. The third-order valence-corrected chi connectivity index (χ3v) is 3.44. The Balaban J connectivity index is 2.08. The van der Waals surface area contributed by atoms with E-state index < -0.39 is 0 Å². The van der Waals surface area contributed by atoms with Crippen molar-refractivity contribution in [1.82, 2.24) is 10.2 Å². The molecule has 1 aliphatic heterocycles. The Kier molecular flexibility index (Phi) is 7.77. The monoisotopic (exact) mass is 244 g/mol. The average Bonchev–Trinajstić information content (AvgIpc) is 2.32. The third-order valence-electron chi connectivity index (χ3n) is 3.44. The predicted molar refractivity (Wildman–Crippen MR) is 70.4 cm³/mol. The van der Waals surface area contributed by atoms with E-state index in [1.54, 1.807) is 7.11 Å². The maximum Gasteiger partial charge on any atom is 0.0700 e. The van der Waals surface area contributed by atoms with Crippen molar-refractivity contribution < 1.29 is 9.47 Å². The van der Waals surface area contributed by atoms with E-state index in [0.29, 0.717) is 19.3 Å². The van der Waals surface area contributed by atoms with Gasteiger partial charge in [-0.1, -0.05) is 13.8 Å². The van der Waals surface area contributed by atoms with E-state index in [1.807, 2.05) is 0 Å². The number of hydrogen-bond acceptors (Lipinski definition) is 4. The zero-order valence-corrected chi connectivity index (χ0v) is 11.6. The summed E-state index contributed by atoms with van der Waals surface area (Å²) in [5, 5.41) is 3.56. The molecule has 0 spiro atoms. The molecule has 0 aromatic rings. The highest BCUT2D eigenvalue weighted by molar-refractivity contribution is 4.82. The second-order valence-corrected chi connectivity index (χ2v) is 4.84. The van der Waals surface area contributed by atoms with E-state index in [2.05, 4.69) is 24.1 Å². The lowest BCUT2D eigenvalue weighted by Gasteiger charge is -2.37. The van der Waals surface area contributed by atoms with Crippen LogP contribution in [0.5, 0.6) is 0 Å². The summed E-state index contributed by atoms with van der Waals surface area (Å²) in [6.07, 6.45) is 1.26. The van der Waals surface area contributed by atoms with E-state index >= 15 is 0 Å². The fraction of sp³-hybridized carbons (Fsp3) is 1.00. The van der Waals surface area contributed by atoms with Crippen molar-refractivity contribution in [3.05, 3.63) is 0 Å². The molecule has 0 radical (unpaired) electrons. The topological polar surface area (TPSA) is 33.7 Å². The predicted octanol–water partition coefficient (Wildman–Crippen LogP) is 0.969. The number of ether oxygens (including phenoxy) is 2. The second kappa shape index (κ2) is 8.86. The van der Waals surface area contributed by atoms with Gasteiger partial charge in [-0.15, -0.1) is 0 Å². The summed E-state index contributed by atoms with van der Waals surface area (Å²) in [5.74, 6) is 0.739. The molecule has 0 aromatic heterocycles. The van der Waals surface area contributed by atoms with Crippen molar-refractivity contribution in [3.63, 3.8) is 0 Å². The lowest BCUT2D eigenvalue weighted by Crippen LogP contribution is -2.48. The number of likely N-dealkylation sites (tertiary alicyclic amines) is 1.